The summed E-state index contributed by atoms with van der Waals surface area (Å²) in [6.07, 6.45) is -0.0582. The van der Waals surface area contributed by atoms with Gasteiger partial charge in [0, 0.05) is 0 Å². The molecule has 1 N–H and O–H groups in total. The number of carbonyl (C=O) groups excluding carboxylic acids is 1. The van der Waals surface area contributed by atoms with Crippen LogP contribution in [0.4, 0.5) is 0 Å². The maximum atomic E-state index is 12.0. The van der Waals surface area contributed by atoms with E-state index in [-0.39, 0.29) is 18.6 Å². The van der Waals surface area contributed by atoms with Gasteiger partial charge in [0.1, 0.15) is 0 Å². The van der Waals surface area contributed by atoms with Crippen LogP contribution < -0.4 is 0 Å². The fraction of sp³-hybridized carbons (Fsp3) is 0.125. The molecule has 0 spiro atoms. The quantitative estimate of drug-likeness (QED) is 0.590. The minimum absolute atomic E-state index is 0.0565. The van der Waals surface area contributed by atoms with Crippen LogP contribution in [0.5, 0.6) is 0 Å². The summed E-state index contributed by atoms with van der Waals surface area (Å²) < 4.78 is 2.62. The van der Waals surface area contributed by atoms with E-state index in [9.17, 15) is 9.59 Å². The number of fused-ring (bicyclic) bond motifs is 3. The number of Topliss-reactive ketones (excluding diaryl/α,β-unsaturated/α-hetero) is 1. The van der Waals surface area contributed by atoms with Crippen molar-refractivity contribution in [2.24, 2.45) is 0 Å². The number of ketones is 1. The van der Waals surface area contributed by atoms with Crippen LogP contribution in [0.15, 0.2) is 42.5 Å². The van der Waals surface area contributed by atoms with Crippen molar-refractivity contribution in [3.8, 4) is 0 Å². The Balaban J connectivity index is 2.03. The number of carboxylic acids is 1. The number of rotatable bonds is 4. The van der Waals surface area contributed by atoms with E-state index in [1.807, 2.05) is 30.3 Å². The van der Waals surface area contributed by atoms with Crippen LogP contribution in [0.3, 0.4) is 0 Å². The zero-order valence-electron chi connectivity index (χ0n) is 10.6. The van der Waals surface area contributed by atoms with Crippen molar-refractivity contribution in [2.45, 2.75) is 12.8 Å². The SMILES string of the molecule is O=C(O)CCC(=O)c1ccc2[se]c3ccccc3c2c1. The first-order valence-corrected chi connectivity index (χ1v) is 8.03. The van der Waals surface area contributed by atoms with Crippen molar-refractivity contribution >= 4 is 45.5 Å². The Morgan fingerprint density at radius 3 is 2.50 bits per heavy atom. The van der Waals surface area contributed by atoms with Gasteiger partial charge >= 0.3 is 121 Å². The van der Waals surface area contributed by atoms with Crippen LogP contribution in [0.2, 0.25) is 0 Å². The van der Waals surface area contributed by atoms with Gasteiger partial charge in [-0.2, -0.15) is 0 Å². The Morgan fingerprint density at radius 2 is 1.70 bits per heavy atom. The van der Waals surface area contributed by atoms with Gasteiger partial charge in [-0.1, -0.05) is 0 Å². The molecule has 0 radical (unpaired) electrons. The molecule has 0 unspecified atom stereocenters. The third kappa shape index (κ3) is 2.40. The zero-order chi connectivity index (χ0) is 14.1. The van der Waals surface area contributed by atoms with E-state index in [1.54, 1.807) is 0 Å². The van der Waals surface area contributed by atoms with Crippen LogP contribution in [0.1, 0.15) is 23.2 Å². The molecule has 0 aliphatic rings. The molecule has 3 nitrogen and oxygen atoms in total. The molecule has 100 valence electrons. The second-order valence-corrected chi connectivity index (χ2v) is 6.90. The van der Waals surface area contributed by atoms with Crippen molar-refractivity contribution in [3.05, 3.63) is 48.0 Å². The molecular weight excluding hydrogens is 319 g/mol. The summed E-state index contributed by atoms with van der Waals surface area (Å²) in [6.45, 7) is 0. The number of hydrogen-bond donors (Lipinski definition) is 1. The van der Waals surface area contributed by atoms with Crippen molar-refractivity contribution in [2.75, 3.05) is 0 Å². The van der Waals surface area contributed by atoms with Crippen LogP contribution in [-0.2, 0) is 4.79 Å². The topological polar surface area (TPSA) is 54.4 Å². The molecule has 0 aliphatic carbocycles. The third-order valence-electron chi connectivity index (χ3n) is 3.26. The van der Waals surface area contributed by atoms with Crippen LogP contribution in [-0.4, -0.2) is 31.4 Å². The fourth-order valence-corrected chi connectivity index (χ4v) is 4.54. The molecule has 4 heteroatoms. The second-order valence-electron chi connectivity index (χ2n) is 4.63. The number of benzene rings is 2. The minimum atomic E-state index is -0.937. The van der Waals surface area contributed by atoms with E-state index in [4.69, 9.17) is 5.11 Å². The standard InChI is InChI=1S/C16H12O3Se/c17-13(6-8-16(18)19)10-5-7-15-12(9-10)11-3-1-2-4-14(11)20-15/h1-5,7,9H,6,8H2,(H,18,19). The molecule has 1 heterocycles. The normalized spacial score (nSPS) is 11.0. The number of carbonyl (C=O) groups is 2. The molecule has 1 aromatic heterocycles. The molecule has 0 aliphatic heterocycles. The second kappa shape index (κ2) is 5.23. The molecule has 2 aromatic carbocycles. The monoisotopic (exact) mass is 332 g/mol. The predicted octanol–water partition coefficient (Wildman–Crippen LogP) is 3.10. The van der Waals surface area contributed by atoms with Crippen LogP contribution >= 0.6 is 0 Å². The molecule has 0 saturated heterocycles. The Hall–Kier alpha value is -1.90. The van der Waals surface area contributed by atoms with Gasteiger partial charge in [0.05, 0.1) is 0 Å². The molecule has 20 heavy (non-hydrogen) atoms. The molecule has 0 fully saturated rings. The molecule has 0 atom stereocenters. The number of hydrogen-bond acceptors (Lipinski definition) is 2. The van der Waals surface area contributed by atoms with E-state index >= 15 is 0 Å². The van der Waals surface area contributed by atoms with Gasteiger partial charge in [0.25, 0.3) is 0 Å². The van der Waals surface area contributed by atoms with Crippen molar-refractivity contribution in [1.82, 2.24) is 0 Å². The van der Waals surface area contributed by atoms with E-state index in [1.165, 1.54) is 13.9 Å². The van der Waals surface area contributed by atoms with E-state index in [2.05, 4.69) is 12.1 Å². The van der Waals surface area contributed by atoms with Gasteiger partial charge in [0.15, 0.2) is 0 Å². The average molecular weight is 331 g/mol. The number of aliphatic carboxylic acids is 1. The molecular formula is C16H12O3Se. The van der Waals surface area contributed by atoms with Gasteiger partial charge in [0.2, 0.25) is 0 Å². The molecule has 0 amide bonds. The Kier molecular flexibility index (Phi) is 3.43. The summed E-state index contributed by atoms with van der Waals surface area (Å²) in [5.74, 6) is -1.04. The summed E-state index contributed by atoms with van der Waals surface area (Å²) in [4.78, 5) is 22.5. The summed E-state index contributed by atoms with van der Waals surface area (Å²) in [6, 6.07) is 14.0. The molecule has 3 aromatic rings. The van der Waals surface area contributed by atoms with Gasteiger partial charge in [-0.15, -0.1) is 0 Å². The first-order valence-electron chi connectivity index (χ1n) is 6.31. The summed E-state index contributed by atoms with van der Waals surface area (Å²) in [5, 5.41) is 11.0. The molecule has 3 rings (SSSR count). The summed E-state index contributed by atoms with van der Waals surface area (Å²) in [5.41, 5.74) is 0.609. The zero-order valence-corrected chi connectivity index (χ0v) is 12.3. The number of carboxylic acid groups (broad SMARTS) is 1. The Labute approximate surface area is 121 Å². The molecule has 0 saturated carbocycles. The third-order valence-corrected chi connectivity index (χ3v) is 5.68. The van der Waals surface area contributed by atoms with E-state index in [0.717, 1.165) is 5.39 Å². The Bertz CT molecular complexity index is 817. The Morgan fingerprint density at radius 1 is 0.950 bits per heavy atom. The van der Waals surface area contributed by atoms with E-state index < -0.39 is 5.97 Å². The van der Waals surface area contributed by atoms with Gasteiger partial charge < -0.3 is 0 Å². The fourth-order valence-electron chi connectivity index (χ4n) is 2.26. The first kappa shape index (κ1) is 13.1. The average Bonchev–Trinajstić information content (AvgIpc) is 2.82. The van der Waals surface area contributed by atoms with Crippen LogP contribution in [0.25, 0.3) is 19.3 Å². The predicted molar refractivity (Wildman–Crippen MR) is 79.6 cm³/mol. The maximum absolute atomic E-state index is 12.0. The van der Waals surface area contributed by atoms with Crippen molar-refractivity contribution in [1.29, 1.82) is 0 Å². The van der Waals surface area contributed by atoms with Gasteiger partial charge in [-0.3, -0.25) is 0 Å². The van der Waals surface area contributed by atoms with Crippen LogP contribution in [0, 0.1) is 0 Å². The van der Waals surface area contributed by atoms with Gasteiger partial charge in [-0.05, 0) is 0 Å². The summed E-state index contributed by atoms with van der Waals surface area (Å²) in [7, 11) is 0. The van der Waals surface area contributed by atoms with E-state index in [0.29, 0.717) is 20.1 Å². The summed E-state index contributed by atoms with van der Waals surface area (Å²) >= 11 is 0.300. The first-order chi connectivity index (χ1) is 9.65. The molecule has 0 bridgehead atoms. The van der Waals surface area contributed by atoms with Gasteiger partial charge in [-0.25, -0.2) is 0 Å². The van der Waals surface area contributed by atoms with Crippen molar-refractivity contribution in [3.63, 3.8) is 0 Å². The van der Waals surface area contributed by atoms with Crippen molar-refractivity contribution < 1.29 is 14.7 Å².